The molecule has 2 aromatic heterocycles. The van der Waals surface area contributed by atoms with E-state index in [9.17, 15) is 0 Å². The number of allylic oxidation sites excluding steroid dienone is 2. The van der Waals surface area contributed by atoms with E-state index in [-0.39, 0.29) is 12.0 Å². The summed E-state index contributed by atoms with van der Waals surface area (Å²) in [6.45, 7) is 0. The summed E-state index contributed by atoms with van der Waals surface area (Å²) in [6.07, 6.45) is 9.23. The highest BCUT2D eigenvalue weighted by Gasteiger charge is 2.43. The topological polar surface area (TPSA) is 26.0 Å². The largest absolute Gasteiger partial charge is 0.331 e. The van der Waals surface area contributed by atoms with E-state index < -0.39 is 0 Å². The van der Waals surface area contributed by atoms with Crippen molar-refractivity contribution in [1.29, 1.82) is 0 Å². The second-order valence-corrected chi connectivity index (χ2v) is 13.9. The van der Waals surface area contributed by atoms with Gasteiger partial charge in [0.15, 0.2) is 0 Å². The molecule has 1 aliphatic carbocycles. The standard InChI is InChI=1S/C49H34N4/c1-5-18-33(19-6-1)35-22-17-27-38(32-35)52-42-31-16-14-29-40(42)44-46-43(39-28-13-15-30-41(39)51(46)36-23-9-3-10-24-36)45-48(47(44)52)53(37-25-11-4-12-26-37)49(50-45)34-20-7-2-8-21-34/h1-32,40,42H. The molecule has 1 aliphatic heterocycles. The minimum absolute atomic E-state index is 0.0661. The Kier molecular flexibility index (Phi) is 6.65. The maximum atomic E-state index is 5.72. The van der Waals surface area contributed by atoms with Crippen molar-refractivity contribution in [3.8, 4) is 33.9 Å². The molecule has 2 atom stereocenters. The minimum Gasteiger partial charge on any atom is -0.331 e. The van der Waals surface area contributed by atoms with Gasteiger partial charge in [0, 0.05) is 44.9 Å². The van der Waals surface area contributed by atoms with Gasteiger partial charge >= 0.3 is 0 Å². The maximum absolute atomic E-state index is 5.72. The summed E-state index contributed by atoms with van der Waals surface area (Å²) >= 11 is 0. The van der Waals surface area contributed by atoms with Crippen LogP contribution in [0.5, 0.6) is 0 Å². The lowest BCUT2D eigenvalue weighted by Gasteiger charge is -2.29. The Balaban J connectivity index is 1.37. The number of hydrogen-bond acceptors (Lipinski definition) is 2. The fraction of sp³-hybridized carbons (Fsp3) is 0.0408. The Morgan fingerprint density at radius 3 is 1.79 bits per heavy atom. The fourth-order valence-corrected chi connectivity index (χ4v) is 8.83. The highest BCUT2D eigenvalue weighted by Crippen LogP contribution is 2.57. The van der Waals surface area contributed by atoms with Crippen LogP contribution in [0, 0.1) is 0 Å². The van der Waals surface area contributed by atoms with Gasteiger partial charge < -0.3 is 9.47 Å². The summed E-state index contributed by atoms with van der Waals surface area (Å²) in [5, 5.41) is 2.39. The number of imidazole rings is 1. The quantitative estimate of drug-likeness (QED) is 0.181. The summed E-state index contributed by atoms with van der Waals surface area (Å²) in [4.78, 5) is 8.31. The molecule has 2 unspecified atom stereocenters. The Hall–Kier alpha value is -6.91. The third-order valence-electron chi connectivity index (χ3n) is 11.0. The second kappa shape index (κ2) is 11.8. The summed E-state index contributed by atoms with van der Waals surface area (Å²) < 4.78 is 4.90. The molecular formula is C49H34N4. The molecule has 250 valence electrons. The molecule has 0 spiro atoms. The number of anilines is 2. The molecule has 53 heavy (non-hydrogen) atoms. The van der Waals surface area contributed by atoms with Crippen molar-refractivity contribution in [2.24, 2.45) is 0 Å². The first-order chi connectivity index (χ1) is 26.3. The highest BCUT2D eigenvalue weighted by atomic mass is 15.2. The van der Waals surface area contributed by atoms with Crippen LogP contribution < -0.4 is 4.90 Å². The first kappa shape index (κ1) is 29.8. The molecule has 2 aliphatic rings. The third kappa shape index (κ3) is 4.45. The van der Waals surface area contributed by atoms with E-state index in [0.29, 0.717) is 0 Å². The average molecular weight is 679 g/mol. The number of para-hydroxylation sites is 3. The van der Waals surface area contributed by atoms with Crippen molar-refractivity contribution in [2.45, 2.75) is 12.0 Å². The number of nitrogens with zero attached hydrogens (tertiary/aromatic N) is 4. The molecule has 3 heterocycles. The van der Waals surface area contributed by atoms with Crippen LogP contribution in [0.3, 0.4) is 0 Å². The van der Waals surface area contributed by atoms with Crippen LogP contribution in [0.2, 0.25) is 0 Å². The molecule has 0 saturated carbocycles. The Labute approximate surface area is 307 Å². The van der Waals surface area contributed by atoms with Crippen LogP contribution in [-0.2, 0) is 0 Å². The van der Waals surface area contributed by atoms with Crippen molar-refractivity contribution < 1.29 is 0 Å². The molecular weight excluding hydrogens is 645 g/mol. The summed E-state index contributed by atoms with van der Waals surface area (Å²) in [7, 11) is 0. The number of benzene rings is 7. The van der Waals surface area contributed by atoms with E-state index in [2.05, 4.69) is 208 Å². The summed E-state index contributed by atoms with van der Waals surface area (Å²) in [6, 6.07) is 60.9. The van der Waals surface area contributed by atoms with Gasteiger partial charge in [-0.2, -0.15) is 0 Å². The van der Waals surface area contributed by atoms with Gasteiger partial charge in [0.25, 0.3) is 0 Å². The summed E-state index contributed by atoms with van der Waals surface area (Å²) in [5.74, 6) is 1.03. The van der Waals surface area contributed by atoms with Gasteiger partial charge in [0.2, 0.25) is 0 Å². The molecule has 0 amide bonds. The van der Waals surface area contributed by atoms with Gasteiger partial charge in [0.1, 0.15) is 11.3 Å². The second-order valence-electron chi connectivity index (χ2n) is 13.9. The first-order valence-electron chi connectivity index (χ1n) is 18.3. The predicted octanol–water partition coefficient (Wildman–Crippen LogP) is 12.2. The molecule has 7 aromatic carbocycles. The molecule has 0 saturated heterocycles. The van der Waals surface area contributed by atoms with E-state index in [1.165, 1.54) is 44.2 Å². The molecule has 11 rings (SSSR count). The molecule has 0 N–H and O–H groups in total. The molecule has 4 nitrogen and oxygen atoms in total. The molecule has 0 fully saturated rings. The summed E-state index contributed by atoms with van der Waals surface area (Å²) in [5.41, 5.74) is 13.9. The van der Waals surface area contributed by atoms with E-state index >= 15 is 0 Å². The smallest absolute Gasteiger partial charge is 0.145 e. The zero-order valence-corrected chi connectivity index (χ0v) is 28.9. The third-order valence-corrected chi connectivity index (χ3v) is 11.0. The van der Waals surface area contributed by atoms with Crippen LogP contribution in [0.15, 0.2) is 194 Å². The zero-order valence-electron chi connectivity index (χ0n) is 28.9. The SMILES string of the molecule is C1=CC2c3c(c4c(nc(-c5ccccc5)n4-c4ccccc4)c4c5ccccc5n(-c5ccccc5)c34)N(c3cccc(-c4ccccc4)c3)C2C=C1. The van der Waals surface area contributed by atoms with Crippen LogP contribution >= 0.6 is 0 Å². The molecule has 0 radical (unpaired) electrons. The van der Waals surface area contributed by atoms with Crippen molar-refractivity contribution in [1.82, 2.24) is 14.1 Å². The minimum atomic E-state index is 0.0661. The van der Waals surface area contributed by atoms with E-state index in [1.54, 1.807) is 0 Å². The lowest BCUT2D eigenvalue weighted by Crippen LogP contribution is -2.28. The van der Waals surface area contributed by atoms with Gasteiger partial charge in [-0.3, -0.25) is 4.57 Å². The molecule has 0 bridgehead atoms. The Morgan fingerprint density at radius 2 is 1.06 bits per heavy atom. The number of rotatable bonds is 5. The normalized spacial score (nSPS) is 16.1. The van der Waals surface area contributed by atoms with Crippen molar-refractivity contribution in [2.75, 3.05) is 4.90 Å². The Morgan fingerprint density at radius 1 is 0.472 bits per heavy atom. The number of fused-ring (bicyclic) bond motifs is 10. The maximum Gasteiger partial charge on any atom is 0.145 e. The van der Waals surface area contributed by atoms with Crippen molar-refractivity contribution in [3.05, 3.63) is 200 Å². The van der Waals surface area contributed by atoms with Crippen LogP contribution in [0.1, 0.15) is 11.5 Å². The van der Waals surface area contributed by atoms with Crippen molar-refractivity contribution >= 4 is 44.2 Å². The van der Waals surface area contributed by atoms with Crippen molar-refractivity contribution in [3.63, 3.8) is 0 Å². The zero-order chi connectivity index (χ0) is 34.9. The van der Waals surface area contributed by atoms with Gasteiger partial charge in [-0.05, 0) is 53.6 Å². The number of aromatic nitrogens is 3. The lowest BCUT2D eigenvalue weighted by atomic mass is 9.89. The fourth-order valence-electron chi connectivity index (χ4n) is 8.83. The molecule has 4 heteroatoms. The average Bonchev–Trinajstić information content (AvgIpc) is 3.91. The monoisotopic (exact) mass is 678 g/mol. The number of hydrogen-bond donors (Lipinski definition) is 0. The van der Waals surface area contributed by atoms with Crippen LogP contribution in [0.25, 0.3) is 66.7 Å². The van der Waals surface area contributed by atoms with E-state index in [0.717, 1.165) is 39.5 Å². The predicted molar refractivity (Wildman–Crippen MR) is 220 cm³/mol. The van der Waals surface area contributed by atoms with Gasteiger partial charge in [-0.1, -0.05) is 152 Å². The molecule has 9 aromatic rings. The van der Waals surface area contributed by atoms with Crippen LogP contribution in [0.4, 0.5) is 11.4 Å². The first-order valence-corrected chi connectivity index (χ1v) is 18.3. The van der Waals surface area contributed by atoms with Gasteiger partial charge in [-0.15, -0.1) is 0 Å². The van der Waals surface area contributed by atoms with Crippen LogP contribution in [-0.4, -0.2) is 20.2 Å². The van der Waals surface area contributed by atoms with E-state index in [4.69, 9.17) is 4.98 Å². The Bertz CT molecular complexity index is 2880. The van der Waals surface area contributed by atoms with E-state index in [1.807, 2.05) is 0 Å². The highest BCUT2D eigenvalue weighted by molar-refractivity contribution is 6.25. The van der Waals surface area contributed by atoms with Gasteiger partial charge in [-0.25, -0.2) is 4.98 Å². The van der Waals surface area contributed by atoms with Gasteiger partial charge in [0.05, 0.1) is 28.3 Å². The lowest BCUT2D eigenvalue weighted by molar-refractivity contribution is 0.746.